The van der Waals surface area contributed by atoms with Crippen molar-refractivity contribution < 1.29 is 9.53 Å². The quantitative estimate of drug-likeness (QED) is 0.240. The minimum atomic E-state index is -0.109. The van der Waals surface area contributed by atoms with Crippen molar-refractivity contribution in [1.29, 1.82) is 0 Å². The second kappa shape index (κ2) is 14.3. The van der Waals surface area contributed by atoms with Crippen molar-refractivity contribution in [2.45, 2.75) is 103 Å². The van der Waals surface area contributed by atoms with Gasteiger partial charge >= 0.3 is 5.97 Å². The molecule has 4 atom stereocenters. The first kappa shape index (κ1) is 26.5. The maximum Gasteiger partial charge on any atom is 0.306 e. The van der Waals surface area contributed by atoms with Crippen molar-refractivity contribution in [3.8, 4) is 0 Å². The number of nitrogens with one attached hydrogen (secondary N) is 1. The van der Waals surface area contributed by atoms with E-state index in [1.165, 1.54) is 56.1 Å². The minimum absolute atomic E-state index is 0.0350. The fourth-order valence-corrected chi connectivity index (χ4v) is 5.48. The third-order valence-corrected chi connectivity index (χ3v) is 7.52. The molecule has 3 nitrogen and oxygen atoms in total. The lowest BCUT2D eigenvalue weighted by atomic mass is 9.75. The molecule has 3 rings (SSSR count). The first-order valence-corrected chi connectivity index (χ1v) is 13.7. The predicted molar refractivity (Wildman–Crippen MR) is 142 cm³/mol. The average Bonchev–Trinajstić information content (AvgIpc) is 2.87. The predicted octanol–water partition coefficient (Wildman–Crippen LogP) is 8.18. The summed E-state index contributed by atoms with van der Waals surface area (Å²) in [5, 5.41) is 3.88. The van der Waals surface area contributed by atoms with E-state index in [0.29, 0.717) is 6.42 Å². The number of benzene rings is 2. The van der Waals surface area contributed by atoms with E-state index in [1.807, 2.05) is 0 Å². The third kappa shape index (κ3) is 7.70. The zero-order chi connectivity index (χ0) is 24.2. The van der Waals surface area contributed by atoms with Crippen LogP contribution in [0.15, 0.2) is 60.7 Å². The Morgan fingerprint density at radius 3 is 1.62 bits per heavy atom. The number of hydrogen-bond donors (Lipinski definition) is 1. The Balaban J connectivity index is 1.56. The number of carbonyl (C=O) groups is 1. The molecule has 1 N–H and O–H groups in total. The number of unbranched alkanes of at least 4 members (excludes halogenated alkanes) is 8. The van der Waals surface area contributed by atoms with Gasteiger partial charge in [-0.2, -0.15) is 0 Å². The summed E-state index contributed by atoms with van der Waals surface area (Å²) in [7, 11) is 0. The van der Waals surface area contributed by atoms with Crippen LogP contribution in [-0.4, -0.2) is 12.1 Å². The van der Waals surface area contributed by atoms with E-state index in [2.05, 4.69) is 86.8 Å². The molecule has 0 aliphatic carbocycles. The van der Waals surface area contributed by atoms with Gasteiger partial charge in [-0.15, -0.1) is 0 Å². The van der Waals surface area contributed by atoms with Gasteiger partial charge < -0.3 is 10.1 Å². The van der Waals surface area contributed by atoms with Gasteiger partial charge in [-0.1, -0.05) is 133 Å². The molecule has 0 spiro atoms. The van der Waals surface area contributed by atoms with E-state index in [0.717, 1.165) is 12.8 Å². The maximum absolute atomic E-state index is 12.9. The highest BCUT2D eigenvalue weighted by Crippen LogP contribution is 2.42. The maximum atomic E-state index is 12.9. The summed E-state index contributed by atoms with van der Waals surface area (Å²) in [6, 6.07) is 21.4. The first-order chi connectivity index (χ1) is 16.6. The smallest absolute Gasteiger partial charge is 0.306 e. The van der Waals surface area contributed by atoms with Crippen molar-refractivity contribution in [1.82, 2.24) is 5.32 Å². The van der Waals surface area contributed by atoms with Gasteiger partial charge in [0.2, 0.25) is 0 Å². The van der Waals surface area contributed by atoms with E-state index in [9.17, 15) is 4.79 Å². The molecule has 2 aromatic carbocycles. The molecule has 1 aliphatic rings. The summed E-state index contributed by atoms with van der Waals surface area (Å²) in [5.74, 6) is 0.362. The van der Waals surface area contributed by atoms with Crippen LogP contribution in [0.1, 0.15) is 108 Å². The van der Waals surface area contributed by atoms with Gasteiger partial charge in [0, 0.05) is 30.3 Å². The zero-order valence-electron chi connectivity index (χ0n) is 21.5. The van der Waals surface area contributed by atoms with Crippen molar-refractivity contribution in [3.63, 3.8) is 0 Å². The van der Waals surface area contributed by atoms with Gasteiger partial charge in [-0.05, 0) is 17.5 Å². The molecule has 1 heterocycles. The number of ether oxygens (including phenoxy) is 1. The van der Waals surface area contributed by atoms with E-state index in [-0.39, 0.29) is 36.0 Å². The lowest BCUT2D eigenvalue weighted by molar-refractivity contribution is -0.159. The molecule has 34 heavy (non-hydrogen) atoms. The van der Waals surface area contributed by atoms with Crippen LogP contribution in [0.3, 0.4) is 0 Å². The van der Waals surface area contributed by atoms with Crippen molar-refractivity contribution in [3.05, 3.63) is 71.8 Å². The van der Waals surface area contributed by atoms with Gasteiger partial charge in [0.05, 0.1) is 0 Å². The molecule has 1 aliphatic heterocycles. The van der Waals surface area contributed by atoms with Crippen molar-refractivity contribution >= 4 is 5.97 Å². The average molecular weight is 464 g/mol. The van der Waals surface area contributed by atoms with Gasteiger partial charge in [0.15, 0.2) is 0 Å². The van der Waals surface area contributed by atoms with Gasteiger partial charge in [0.1, 0.15) is 6.10 Å². The van der Waals surface area contributed by atoms with E-state index < -0.39 is 0 Å². The number of hydrogen-bond acceptors (Lipinski definition) is 3. The molecule has 0 amide bonds. The highest BCUT2D eigenvalue weighted by atomic mass is 16.5. The largest absolute Gasteiger partial charge is 0.462 e. The normalized spacial score (nSPS) is 24.6. The first-order valence-electron chi connectivity index (χ1n) is 13.7. The van der Waals surface area contributed by atoms with E-state index in [1.54, 1.807) is 0 Å². The van der Waals surface area contributed by atoms with Crippen LogP contribution < -0.4 is 5.32 Å². The molecule has 2 aromatic rings. The van der Waals surface area contributed by atoms with Crippen LogP contribution in [0, 0.1) is 11.8 Å². The molecule has 4 unspecified atom stereocenters. The molecule has 1 fully saturated rings. The highest BCUT2D eigenvalue weighted by molar-refractivity contribution is 5.69. The van der Waals surface area contributed by atoms with Crippen LogP contribution in [0.4, 0.5) is 0 Å². The molecule has 0 radical (unpaired) electrons. The summed E-state index contributed by atoms with van der Waals surface area (Å²) in [5.41, 5.74) is 2.51. The number of rotatable bonds is 13. The monoisotopic (exact) mass is 463 g/mol. The molecule has 0 saturated carbocycles. The topological polar surface area (TPSA) is 38.3 Å². The molecular formula is C31H45NO2. The Labute approximate surface area is 207 Å². The van der Waals surface area contributed by atoms with Crippen LogP contribution in [0.25, 0.3) is 0 Å². The minimum Gasteiger partial charge on any atom is -0.462 e. The Kier molecular flexibility index (Phi) is 11.1. The Hall–Kier alpha value is -2.13. The third-order valence-electron chi connectivity index (χ3n) is 7.52. The van der Waals surface area contributed by atoms with Crippen LogP contribution in [-0.2, 0) is 9.53 Å². The summed E-state index contributed by atoms with van der Waals surface area (Å²) >= 11 is 0. The fraction of sp³-hybridized carbons (Fsp3) is 0.581. The Morgan fingerprint density at radius 2 is 1.15 bits per heavy atom. The SMILES string of the molecule is CCCCCCCCCCCC(=O)OC1C(C)C(c2ccccc2)NC(c2ccccc2)C1C. The summed E-state index contributed by atoms with van der Waals surface area (Å²) in [6.07, 6.45) is 11.7. The molecule has 1 saturated heterocycles. The summed E-state index contributed by atoms with van der Waals surface area (Å²) in [4.78, 5) is 12.9. The molecule has 0 bridgehead atoms. The second-order valence-electron chi connectivity index (χ2n) is 10.2. The standard InChI is InChI=1S/C31H45NO2/c1-4-5-6-7-8-9-10-11-18-23-28(33)34-31-24(2)29(26-19-14-12-15-20-26)32-30(25(31)3)27-21-16-13-17-22-27/h12-17,19-22,24-25,29-32H,4-11,18,23H2,1-3H3. The molecule has 0 aromatic heterocycles. The molecule has 186 valence electrons. The number of esters is 1. The van der Waals surface area contributed by atoms with E-state index in [4.69, 9.17) is 4.74 Å². The lowest BCUT2D eigenvalue weighted by Crippen LogP contribution is -2.50. The summed E-state index contributed by atoms with van der Waals surface area (Å²) in [6.45, 7) is 6.70. The number of carbonyl (C=O) groups excluding carboxylic acids is 1. The van der Waals surface area contributed by atoms with Crippen LogP contribution in [0.5, 0.6) is 0 Å². The van der Waals surface area contributed by atoms with Crippen LogP contribution >= 0.6 is 0 Å². The Bertz CT molecular complexity index is 770. The second-order valence-corrected chi connectivity index (χ2v) is 10.2. The number of piperidine rings is 1. The Morgan fingerprint density at radius 1 is 0.706 bits per heavy atom. The zero-order valence-corrected chi connectivity index (χ0v) is 21.5. The highest BCUT2D eigenvalue weighted by Gasteiger charge is 2.43. The van der Waals surface area contributed by atoms with Crippen LogP contribution in [0.2, 0.25) is 0 Å². The fourth-order valence-electron chi connectivity index (χ4n) is 5.48. The van der Waals surface area contributed by atoms with Crippen molar-refractivity contribution in [2.75, 3.05) is 0 Å². The van der Waals surface area contributed by atoms with Gasteiger partial charge in [0.25, 0.3) is 0 Å². The lowest BCUT2D eigenvalue weighted by Gasteiger charge is -2.45. The van der Waals surface area contributed by atoms with Gasteiger partial charge in [-0.3, -0.25) is 4.79 Å². The van der Waals surface area contributed by atoms with Gasteiger partial charge in [-0.25, -0.2) is 0 Å². The van der Waals surface area contributed by atoms with E-state index >= 15 is 0 Å². The summed E-state index contributed by atoms with van der Waals surface area (Å²) < 4.78 is 6.21. The molecule has 3 heteroatoms. The molecular weight excluding hydrogens is 418 g/mol. The van der Waals surface area contributed by atoms with Crippen molar-refractivity contribution in [2.24, 2.45) is 11.8 Å².